The molecule has 0 atom stereocenters. The molecule has 2 aromatic rings. The van der Waals surface area contributed by atoms with E-state index in [-0.39, 0.29) is 5.91 Å². The van der Waals surface area contributed by atoms with E-state index in [1.54, 1.807) is 0 Å². The van der Waals surface area contributed by atoms with Gasteiger partial charge in [0.1, 0.15) is 0 Å². The van der Waals surface area contributed by atoms with Crippen LogP contribution in [0, 0.1) is 6.92 Å². The van der Waals surface area contributed by atoms with Gasteiger partial charge in [0.15, 0.2) is 0 Å². The second kappa shape index (κ2) is 7.52. The first-order valence-electron chi connectivity index (χ1n) is 9.48. The number of nitrogens with zero attached hydrogens (tertiary/aromatic N) is 3. The first kappa shape index (κ1) is 18.5. The molecule has 0 saturated heterocycles. The molecule has 1 heterocycles. The highest BCUT2D eigenvalue weighted by Gasteiger charge is 2.41. The largest absolute Gasteiger partial charge is 0.350 e. The zero-order valence-electron chi connectivity index (χ0n) is 16.4. The Morgan fingerprint density at radius 2 is 1.92 bits per heavy atom. The molecule has 1 aromatic carbocycles. The van der Waals surface area contributed by atoms with Crippen molar-refractivity contribution in [2.75, 3.05) is 19.0 Å². The van der Waals surface area contributed by atoms with Crippen molar-refractivity contribution < 1.29 is 4.79 Å². The number of imidazole rings is 1. The van der Waals surface area contributed by atoms with Gasteiger partial charge in [-0.1, -0.05) is 43.5 Å². The van der Waals surface area contributed by atoms with Crippen molar-refractivity contribution in [2.45, 2.75) is 51.0 Å². The van der Waals surface area contributed by atoms with Crippen LogP contribution < -0.4 is 10.2 Å². The van der Waals surface area contributed by atoms with Gasteiger partial charge < -0.3 is 14.8 Å². The standard InChI is InChI=1S/C21H30N4O/c1-16-10-6-7-11-18(16)21(12-8-5-9-13-21)19(26)22-14-17-15-23-20(24(2)3)25(17)4/h6-7,10-11,15H,5,8-9,12-14H2,1-4H3,(H,22,26). The van der Waals surface area contributed by atoms with Gasteiger partial charge in [0, 0.05) is 21.1 Å². The lowest BCUT2D eigenvalue weighted by Crippen LogP contribution is -2.46. The summed E-state index contributed by atoms with van der Waals surface area (Å²) in [5, 5.41) is 3.21. The highest BCUT2D eigenvalue weighted by molar-refractivity contribution is 5.88. The SMILES string of the molecule is Cc1ccccc1C1(C(=O)NCc2cnc(N(C)C)n2C)CCCCC1. The number of amides is 1. The number of hydrogen-bond acceptors (Lipinski definition) is 3. The maximum absolute atomic E-state index is 13.3. The molecule has 1 aliphatic rings. The summed E-state index contributed by atoms with van der Waals surface area (Å²) in [4.78, 5) is 19.8. The fourth-order valence-electron chi connectivity index (χ4n) is 4.24. The van der Waals surface area contributed by atoms with Crippen LogP contribution in [0.2, 0.25) is 0 Å². The molecule has 1 aliphatic carbocycles. The summed E-state index contributed by atoms with van der Waals surface area (Å²) < 4.78 is 2.03. The molecule has 5 heteroatoms. The minimum Gasteiger partial charge on any atom is -0.350 e. The Bertz CT molecular complexity index is 772. The first-order chi connectivity index (χ1) is 12.5. The van der Waals surface area contributed by atoms with E-state index in [1.165, 1.54) is 17.5 Å². The number of carbonyl (C=O) groups excluding carboxylic acids is 1. The number of anilines is 1. The number of aryl methyl sites for hydroxylation is 1. The summed E-state index contributed by atoms with van der Waals surface area (Å²) >= 11 is 0. The number of hydrogen-bond donors (Lipinski definition) is 1. The highest BCUT2D eigenvalue weighted by Crippen LogP contribution is 2.41. The molecule has 1 N–H and O–H groups in total. The van der Waals surface area contributed by atoms with Gasteiger partial charge in [-0.25, -0.2) is 4.98 Å². The Hall–Kier alpha value is -2.30. The van der Waals surface area contributed by atoms with E-state index in [9.17, 15) is 4.79 Å². The fraction of sp³-hybridized carbons (Fsp3) is 0.524. The molecule has 1 amide bonds. The number of benzene rings is 1. The average molecular weight is 354 g/mol. The van der Waals surface area contributed by atoms with E-state index < -0.39 is 5.41 Å². The van der Waals surface area contributed by atoms with Crippen molar-refractivity contribution in [2.24, 2.45) is 7.05 Å². The molecule has 26 heavy (non-hydrogen) atoms. The Morgan fingerprint density at radius 3 is 2.54 bits per heavy atom. The van der Waals surface area contributed by atoms with Crippen molar-refractivity contribution in [3.63, 3.8) is 0 Å². The Morgan fingerprint density at radius 1 is 1.23 bits per heavy atom. The summed E-state index contributed by atoms with van der Waals surface area (Å²) in [5.74, 6) is 1.04. The smallest absolute Gasteiger partial charge is 0.230 e. The van der Waals surface area contributed by atoms with Gasteiger partial charge in [-0.15, -0.1) is 0 Å². The summed E-state index contributed by atoms with van der Waals surface area (Å²) in [7, 11) is 5.93. The van der Waals surface area contributed by atoms with Crippen LogP contribution in [0.5, 0.6) is 0 Å². The van der Waals surface area contributed by atoms with Gasteiger partial charge >= 0.3 is 0 Å². The van der Waals surface area contributed by atoms with Gasteiger partial charge in [0.25, 0.3) is 0 Å². The lowest BCUT2D eigenvalue weighted by atomic mass is 9.67. The molecule has 1 fully saturated rings. The van der Waals surface area contributed by atoms with Crippen LogP contribution in [0.4, 0.5) is 5.95 Å². The fourth-order valence-corrected chi connectivity index (χ4v) is 4.24. The van der Waals surface area contributed by atoms with Crippen LogP contribution >= 0.6 is 0 Å². The zero-order chi connectivity index (χ0) is 18.7. The molecule has 0 bridgehead atoms. The number of aromatic nitrogens is 2. The van der Waals surface area contributed by atoms with Crippen LogP contribution in [-0.4, -0.2) is 29.6 Å². The molecule has 0 radical (unpaired) electrons. The van der Waals surface area contributed by atoms with Gasteiger partial charge in [0.2, 0.25) is 11.9 Å². The van der Waals surface area contributed by atoms with E-state index in [0.29, 0.717) is 6.54 Å². The second-order valence-corrected chi connectivity index (χ2v) is 7.64. The third kappa shape index (κ3) is 3.35. The molecule has 0 unspecified atom stereocenters. The number of nitrogens with one attached hydrogen (secondary N) is 1. The van der Waals surface area contributed by atoms with Gasteiger partial charge in [-0.3, -0.25) is 4.79 Å². The number of carbonyl (C=O) groups is 1. The van der Waals surface area contributed by atoms with Gasteiger partial charge in [-0.05, 0) is 30.9 Å². The monoisotopic (exact) mass is 354 g/mol. The summed E-state index contributed by atoms with van der Waals surface area (Å²) in [6.45, 7) is 2.62. The Balaban J connectivity index is 1.82. The van der Waals surface area contributed by atoms with Crippen LogP contribution in [0.15, 0.2) is 30.5 Å². The molecule has 0 spiro atoms. The maximum atomic E-state index is 13.3. The van der Waals surface area contributed by atoms with Crippen molar-refractivity contribution in [1.82, 2.24) is 14.9 Å². The first-order valence-corrected chi connectivity index (χ1v) is 9.48. The normalized spacial score (nSPS) is 16.3. The lowest BCUT2D eigenvalue weighted by Gasteiger charge is -2.37. The van der Waals surface area contributed by atoms with E-state index in [4.69, 9.17) is 0 Å². The van der Waals surface area contributed by atoms with Crippen molar-refractivity contribution in [1.29, 1.82) is 0 Å². The minimum atomic E-state index is -0.396. The molecular weight excluding hydrogens is 324 g/mol. The minimum absolute atomic E-state index is 0.152. The van der Waals surface area contributed by atoms with Crippen LogP contribution in [0.3, 0.4) is 0 Å². The van der Waals surface area contributed by atoms with E-state index in [2.05, 4.69) is 35.4 Å². The third-order valence-corrected chi connectivity index (χ3v) is 5.69. The Labute approximate surface area is 156 Å². The summed E-state index contributed by atoms with van der Waals surface area (Å²) in [6.07, 6.45) is 7.14. The topological polar surface area (TPSA) is 50.2 Å². The maximum Gasteiger partial charge on any atom is 0.230 e. The zero-order valence-corrected chi connectivity index (χ0v) is 16.4. The van der Waals surface area contributed by atoms with E-state index in [1.807, 2.05) is 42.9 Å². The average Bonchev–Trinajstić information content (AvgIpc) is 3.01. The van der Waals surface area contributed by atoms with Gasteiger partial charge in [0.05, 0.1) is 23.9 Å². The highest BCUT2D eigenvalue weighted by atomic mass is 16.2. The Kier molecular flexibility index (Phi) is 5.35. The number of rotatable bonds is 5. The predicted molar refractivity (Wildman–Crippen MR) is 105 cm³/mol. The van der Waals surface area contributed by atoms with Crippen LogP contribution in [0.1, 0.15) is 48.9 Å². The molecule has 3 rings (SSSR count). The van der Waals surface area contributed by atoms with Gasteiger partial charge in [-0.2, -0.15) is 0 Å². The second-order valence-electron chi connectivity index (χ2n) is 7.64. The molecule has 140 valence electrons. The third-order valence-electron chi connectivity index (χ3n) is 5.69. The molecular formula is C21H30N4O. The molecule has 5 nitrogen and oxygen atoms in total. The molecule has 1 saturated carbocycles. The van der Waals surface area contributed by atoms with Crippen molar-refractivity contribution >= 4 is 11.9 Å². The van der Waals surface area contributed by atoms with Crippen LogP contribution in [-0.2, 0) is 23.8 Å². The van der Waals surface area contributed by atoms with E-state index >= 15 is 0 Å². The van der Waals surface area contributed by atoms with Crippen molar-refractivity contribution in [3.05, 3.63) is 47.3 Å². The molecule has 0 aliphatic heterocycles. The predicted octanol–water partition coefficient (Wildman–Crippen LogP) is 3.31. The summed E-state index contributed by atoms with van der Waals surface area (Å²) in [5.41, 5.74) is 3.01. The molecule has 1 aromatic heterocycles. The summed E-state index contributed by atoms with van der Waals surface area (Å²) in [6, 6.07) is 8.35. The van der Waals surface area contributed by atoms with Crippen molar-refractivity contribution in [3.8, 4) is 0 Å². The van der Waals surface area contributed by atoms with E-state index in [0.717, 1.165) is 37.3 Å². The quantitative estimate of drug-likeness (QED) is 0.896. The van der Waals surface area contributed by atoms with Crippen LogP contribution in [0.25, 0.3) is 0 Å². The lowest BCUT2D eigenvalue weighted by molar-refractivity contribution is -0.128.